The zero-order valence-electron chi connectivity index (χ0n) is 12.4. The second-order valence-corrected chi connectivity index (χ2v) is 6.72. The fourth-order valence-corrected chi connectivity index (χ4v) is 3.10. The molecule has 1 fully saturated rings. The first kappa shape index (κ1) is 14.5. The minimum Gasteiger partial charge on any atom is -0.387 e. The number of aliphatic hydroxyl groups excluding tert-OH is 1. The highest BCUT2D eigenvalue weighted by Crippen LogP contribution is 2.29. The van der Waals surface area contributed by atoms with Gasteiger partial charge in [-0.15, -0.1) is 0 Å². The molecule has 19 heavy (non-hydrogen) atoms. The van der Waals surface area contributed by atoms with Crippen LogP contribution in [0.4, 0.5) is 0 Å². The van der Waals surface area contributed by atoms with E-state index in [-0.39, 0.29) is 11.2 Å². The molecule has 3 nitrogen and oxygen atoms in total. The fraction of sp³-hybridized carbons (Fsp3) is 0.625. The summed E-state index contributed by atoms with van der Waals surface area (Å²) in [6.45, 7) is 10.8. The molecule has 0 radical (unpaired) electrons. The molecule has 1 heterocycles. The molecule has 106 valence electrons. The first-order valence-electron chi connectivity index (χ1n) is 6.93. The third kappa shape index (κ3) is 4.03. The maximum absolute atomic E-state index is 10.3. The second-order valence-electron chi connectivity index (χ2n) is 6.72. The SMILES string of the molecule is CC1(C)CN(CC(O)c2ccccc2)CC(C)(C)O1. The van der Waals surface area contributed by atoms with Gasteiger partial charge in [0.2, 0.25) is 0 Å². The van der Waals surface area contributed by atoms with Gasteiger partial charge in [-0.05, 0) is 33.3 Å². The normalized spacial score (nSPS) is 24.1. The van der Waals surface area contributed by atoms with Crippen LogP contribution in [0.25, 0.3) is 0 Å². The molecule has 0 amide bonds. The molecule has 1 aliphatic heterocycles. The molecule has 1 N–H and O–H groups in total. The van der Waals surface area contributed by atoms with E-state index in [0.29, 0.717) is 6.54 Å². The number of nitrogens with zero attached hydrogens (tertiary/aromatic N) is 1. The Hall–Kier alpha value is -0.900. The van der Waals surface area contributed by atoms with Crippen LogP contribution in [0.15, 0.2) is 30.3 Å². The van der Waals surface area contributed by atoms with Crippen LogP contribution in [0.2, 0.25) is 0 Å². The Morgan fingerprint density at radius 2 is 1.63 bits per heavy atom. The molecule has 1 aliphatic rings. The first-order chi connectivity index (χ1) is 8.77. The van der Waals surface area contributed by atoms with Crippen LogP contribution in [-0.2, 0) is 4.74 Å². The van der Waals surface area contributed by atoms with E-state index in [2.05, 4.69) is 32.6 Å². The predicted octanol–water partition coefficient (Wildman–Crippen LogP) is 2.61. The van der Waals surface area contributed by atoms with Gasteiger partial charge >= 0.3 is 0 Å². The summed E-state index contributed by atoms with van der Waals surface area (Å²) in [6, 6.07) is 9.84. The van der Waals surface area contributed by atoms with E-state index in [0.717, 1.165) is 18.7 Å². The maximum atomic E-state index is 10.3. The summed E-state index contributed by atoms with van der Waals surface area (Å²) >= 11 is 0. The first-order valence-corrected chi connectivity index (χ1v) is 6.93. The molecule has 1 atom stereocenters. The fourth-order valence-electron chi connectivity index (χ4n) is 3.10. The van der Waals surface area contributed by atoms with Crippen molar-refractivity contribution < 1.29 is 9.84 Å². The molecule has 2 rings (SSSR count). The van der Waals surface area contributed by atoms with Crippen molar-refractivity contribution in [1.29, 1.82) is 0 Å². The van der Waals surface area contributed by atoms with Gasteiger partial charge in [0.25, 0.3) is 0 Å². The van der Waals surface area contributed by atoms with Crippen molar-refractivity contribution in [2.45, 2.75) is 45.0 Å². The third-order valence-electron chi connectivity index (χ3n) is 3.38. The van der Waals surface area contributed by atoms with Crippen molar-refractivity contribution in [1.82, 2.24) is 4.90 Å². The quantitative estimate of drug-likeness (QED) is 0.910. The Bertz CT molecular complexity index is 398. The van der Waals surface area contributed by atoms with Crippen molar-refractivity contribution in [3.63, 3.8) is 0 Å². The van der Waals surface area contributed by atoms with Crippen molar-refractivity contribution in [3.8, 4) is 0 Å². The Labute approximate surface area is 116 Å². The lowest BCUT2D eigenvalue weighted by molar-refractivity contribution is -0.183. The molecule has 1 saturated heterocycles. The molecule has 1 aromatic carbocycles. The second kappa shape index (κ2) is 5.23. The van der Waals surface area contributed by atoms with E-state index in [1.807, 2.05) is 30.3 Å². The molecule has 0 aliphatic carbocycles. The summed E-state index contributed by atoms with van der Waals surface area (Å²) in [5, 5.41) is 10.3. The van der Waals surface area contributed by atoms with Crippen molar-refractivity contribution >= 4 is 0 Å². The van der Waals surface area contributed by atoms with E-state index in [1.54, 1.807) is 0 Å². The lowest BCUT2D eigenvalue weighted by Gasteiger charge is -2.47. The van der Waals surface area contributed by atoms with Gasteiger partial charge in [-0.2, -0.15) is 0 Å². The highest BCUT2D eigenvalue weighted by atomic mass is 16.5. The van der Waals surface area contributed by atoms with Gasteiger partial charge in [-0.1, -0.05) is 30.3 Å². The molecule has 3 heteroatoms. The van der Waals surface area contributed by atoms with E-state index >= 15 is 0 Å². The number of benzene rings is 1. The Kier molecular flexibility index (Phi) is 4.00. The minimum absolute atomic E-state index is 0.168. The average molecular weight is 263 g/mol. The zero-order valence-corrected chi connectivity index (χ0v) is 12.4. The van der Waals surface area contributed by atoms with E-state index in [9.17, 15) is 5.11 Å². The van der Waals surface area contributed by atoms with Crippen molar-refractivity contribution in [3.05, 3.63) is 35.9 Å². The highest BCUT2D eigenvalue weighted by Gasteiger charge is 2.38. The number of aliphatic hydroxyl groups is 1. The summed E-state index contributed by atoms with van der Waals surface area (Å²) < 4.78 is 6.06. The van der Waals surface area contributed by atoms with Crippen LogP contribution < -0.4 is 0 Å². The van der Waals surface area contributed by atoms with Crippen molar-refractivity contribution in [2.75, 3.05) is 19.6 Å². The molecule has 0 aromatic heterocycles. The summed E-state index contributed by atoms with van der Waals surface area (Å²) in [7, 11) is 0. The van der Waals surface area contributed by atoms with E-state index in [1.165, 1.54) is 0 Å². The molecular weight excluding hydrogens is 238 g/mol. The largest absolute Gasteiger partial charge is 0.387 e. The summed E-state index contributed by atoms with van der Waals surface area (Å²) in [5.41, 5.74) is 0.639. The van der Waals surface area contributed by atoms with Crippen LogP contribution in [0.1, 0.15) is 39.4 Å². The van der Waals surface area contributed by atoms with E-state index in [4.69, 9.17) is 4.74 Å². The predicted molar refractivity (Wildman–Crippen MR) is 77.1 cm³/mol. The summed E-state index contributed by atoms with van der Waals surface area (Å²) in [4.78, 5) is 2.29. The maximum Gasteiger partial charge on any atom is 0.0916 e. The Morgan fingerprint density at radius 3 is 2.16 bits per heavy atom. The minimum atomic E-state index is -0.439. The smallest absolute Gasteiger partial charge is 0.0916 e. The molecular formula is C16H25NO2. The van der Waals surface area contributed by atoms with Crippen LogP contribution >= 0.6 is 0 Å². The van der Waals surface area contributed by atoms with Gasteiger partial charge in [-0.25, -0.2) is 0 Å². The number of ether oxygens (including phenoxy) is 1. The van der Waals surface area contributed by atoms with E-state index < -0.39 is 6.10 Å². The third-order valence-corrected chi connectivity index (χ3v) is 3.38. The standard InChI is InChI=1S/C16H25NO2/c1-15(2)11-17(12-16(3,4)19-15)10-14(18)13-8-6-5-7-9-13/h5-9,14,18H,10-12H2,1-4H3. The zero-order chi connectivity index (χ0) is 14.1. The number of hydrogen-bond acceptors (Lipinski definition) is 3. The van der Waals surface area contributed by atoms with Crippen molar-refractivity contribution in [2.24, 2.45) is 0 Å². The number of β-amino-alcohol motifs (C(OH)–C–C–N with tert-alkyl or cyclic N) is 1. The topological polar surface area (TPSA) is 32.7 Å². The lowest BCUT2D eigenvalue weighted by atomic mass is 9.98. The van der Waals surface area contributed by atoms with Gasteiger partial charge in [-0.3, -0.25) is 4.90 Å². The molecule has 0 bridgehead atoms. The molecule has 1 unspecified atom stereocenters. The summed E-state index contributed by atoms with van der Waals surface area (Å²) in [6.07, 6.45) is -0.439. The number of morpholine rings is 1. The van der Waals surface area contributed by atoms with Gasteiger partial charge < -0.3 is 9.84 Å². The number of rotatable bonds is 3. The van der Waals surface area contributed by atoms with Gasteiger partial charge in [0, 0.05) is 19.6 Å². The van der Waals surface area contributed by atoms with Gasteiger partial charge in [0.05, 0.1) is 17.3 Å². The van der Waals surface area contributed by atoms with Crippen LogP contribution in [0.5, 0.6) is 0 Å². The Morgan fingerprint density at radius 1 is 1.11 bits per heavy atom. The van der Waals surface area contributed by atoms with Gasteiger partial charge in [0.1, 0.15) is 0 Å². The number of hydrogen-bond donors (Lipinski definition) is 1. The van der Waals surface area contributed by atoms with Crippen LogP contribution in [0, 0.1) is 0 Å². The van der Waals surface area contributed by atoms with Crippen LogP contribution in [0.3, 0.4) is 0 Å². The highest BCUT2D eigenvalue weighted by molar-refractivity contribution is 5.17. The van der Waals surface area contributed by atoms with Crippen LogP contribution in [-0.4, -0.2) is 40.8 Å². The Balaban J connectivity index is 2.03. The molecule has 0 spiro atoms. The average Bonchev–Trinajstić information content (AvgIpc) is 2.25. The summed E-state index contributed by atoms with van der Waals surface area (Å²) in [5.74, 6) is 0. The van der Waals surface area contributed by atoms with Gasteiger partial charge in [0.15, 0.2) is 0 Å². The molecule has 1 aromatic rings. The monoisotopic (exact) mass is 263 g/mol. The lowest BCUT2D eigenvalue weighted by Crippen LogP contribution is -2.57. The molecule has 0 saturated carbocycles.